The number of nitrogens with two attached hydrogens (primary N) is 1. The molecule has 2 saturated heterocycles. The van der Waals surface area contributed by atoms with Crippen LogP contribution >= 0.6 is 24.8 Å². The number of carbonyl (C=O) groups excluding carboxylic acids is 1. The maximum absolute atomic E-state index is 12.7. The van der Waals surface area contributed by atoms with Crippen LogP contribution in [0.1, 0.15) is 18.4 Å². The van der Waals surface area contributed by atoms with Gasteiger partial charge in [0.1, 0.15) is 0 Å². The Kier molecular flexibility index (Phi) is 9.66. The summed E-state index contributed by atoms with van der Waals surface area (Å²) < 4.78 is 27.0. The summed E-state index contributed by atoms with van der Waals surface area (Å²) in [6, 6.07) is 7.09. The molecule has 0 radical (unpaired) electrons. The number of likely N-dealkylation sites (tertiary alicyclic amines) is 1. The van der Waals surface area contributed by atoms with Crippen molar-refractivity contribution in [2.75, 3.05) is 45.8 Å². The van der Waals surface area contributed by atoms with Gasteiger partial charge in [-0.2, -0.15) is 4.31 Å². The molecule has 2 aliphatic rings. The normalized spacial score (nSPS) is 21.1. The van der Waals surface area contributed by atoms with Gasteiger partial charge >= 0.3 is 0 Å². The van der Waals surface area contributed by atoms with Gasteiger partial charge < -0.3 is 10.6 Å². The van der Waals surface area contributed by atoms with Gasteiger partial charge in [-0.05, 0) is 31.9 Å². The predicted octanol–water partition coefficient (Wildman–Crippen LogP) is 1.09. The van der Waals surface area contributed by atoms with Gasteiger partial charge in [-0.25, -0.2) is 8.42 Å². The van der Waals surface area contributed by atoms with E-state index >= 15 is 0 Å². The van der Waals surface area contributed by atoms with Crippen LogP contribution < -0.4 is 5.73 Å². The quantitative estimate of drug-likeness (QED) is 0.722. The fourth-order valence-electron chi connectivity index (χ4n) is 3.68. The minimum atomic E-state index is -3.46. The van der Waals surface area contributed by atoms with E-state index in [4.69, 9.17) is 5.73 Å². The number of nitrogens with zero attached hydrogens (tertiary/aromatic N) is 3. The molecule has 2 heterocycles. The van der Waals surface area contributed by atoms with Crippen molar-refractivity contribution in [2.45, 2.75) is 30.7 Å². The number of hydrogen-bond donors (Lipinski definition) is 1. The monoisotopic (exact) mass is 452 g/mol. The van der Waals surface area contributed by atoms with Gasteiger partial charge in [0.05, 0.1) is 11.4 Å². The largest absolute Gasteiger partial charge is 0.337 e. The summed E-state index contributed by atoms with van der Waals surface area (Å²) in [5.41, 5.74) is 6.78. The number of rotatable bonds is 5. The molecule has 0 spiro atoms. The Balaban J connectivity index is 0.00000196. The maximum atomic E-state index is 12.7. The first-order chi connectivity index (χ1) is 12.4. The molecule has 2 N–H and O–H groups in total. The van der Waals surface area contributed by atoms with Crippen LogP contribution in [-0.2, 0) is 14.8 Å². The highest BCUT2D eigenvalue weighted by atomic mass is 35.5. The number of hydrogen-bond acceptors (Lipinski definition) is 5. The SMILES string of the molecule is Cc1ccc(S(=O)(=O)N2CCN(CC(=O)N3CCCC3CN)CC2)cc1.Cl.Cl. The number of amides is 1. The first-order valence-corrected chi connectivity index (χ1v) is 10.6. The zero-order valence-electron chi connectivity index (χ0n) is 16.1. The lowest BCUT2D eigenvalue weighted by Gasteiger charge is -2.35. The zero-order valence-corrected chi connectivity index (χ0v) is 18.6. The topological polar surface area (TPSA) is 87.0 Å². The highest BCUT2D eigenvalue weighted by Crippen LogP contribution is 2.19. The molecule has 0 saturated carbocycles. The summed E-state index contributed by atoms with van der Waals surface area (Å²) in [6.07, 6.45) is 1.99. The van der Waals surface area contributed by atoms with Gasteiger partial charge in [-0.1, -0.05) is 17.7 Å². The molecule has 28 heavy (non-hydrogen) atoms. The van der Waals surface area contributed by atoms with E-state index in [9.17, 15) is 13.2 Å². The van der Waals surface area contributed by atoms with E-state index in [1.165, 1.54) is 4.31 Å². The first kappa shape index (κ1) is 25.1. The Morgan fingerprint density at radius 1 is 1.07 bits per heavy atom. The molecule has 0 aliphatic carbocycles. The number of halogens is 2. The van der Waals surface area contributed by atoms with Crippen molar-refractivity contribution in [1.82, 2.24) is 14.1 Å². The smallest absolute Gasteiger partial charge is 0.243 e. The van der Waals surface area contributed by atoms with Gasteiger partial charge in [0.15, 0.2) is 0 Å². The van der Waals surface area contributed by atoms with E-state index in [2.05, 4.69) is 0 Å². The fourth-order valence-corrected chi connectivity index (χ4v) is 5.10. The number of sulfonamides is 1. The van der Waals surface area contributed by atoms with Crippen molar-refractivity contribution < 1.29 is 13.2 Å². The molecule has 1 unspecified atom stereocenters. The second-order valence-electron chi connectivity index (χ2n) is 7.11. The molecule has 7 nitrogen and oxygen atoms in total. The van der Waals surface area contributed by atoms with Gasteiger partial charge in [-0.15, -0.1) is 24.8 Å². The van der Waals surface area contributed by atoms with Crippen molar-refractivity contribution in [3.05, 3.63) is 29.8 Å². The van der Waals surface area contributed by atoms with Crippen molar-refractivity contribution >= 4 is 40.7 Å². The molecule has 1 atom stereocenters. The van der Waals surface area contributed by atoms with Crippen LogP contribution in [0.2, 0.25) is 0 Å². The van der Waals surface area contributed by atoms with Crippen LogP contribution in [0.5, 0.6) is 0 Å². The second-order valence-corrected chi connectivity index (χ2v) is 9.05. The summed E-state index contributed by atoms with van der Waals surface area (Å²) in [7, 11) is -3.46. The fraction of sp³-hybridized carbons (Fsp3) is 0.611. The van der Waals surface area contributed by atoms with Gasteiger partial charge in [-0.3, -0.25) is 9.69 Å². The Morgan fingerprint density at radius 3 is 2.25 bits per heavy atom. The molecule has 1 amide bonds. The van der Waals surface area contributed by atoms with Crippen LogP contribution in [0.15, 0.2) is 29.2 Å². The first-order valence-electron chi connectivity index (χ1n) is 9.20. The summed E-state index contributed by atoms with van der Waals surface area (Å²) >= 11 is 0. The lowest BCUT2D eigenvalue weighted by atomic mass is 10.2. The molecule has 10 heteroatoms. The third kappa shape index (κ3) is 5.58. The molecular weight excluding hydrogens is 423 g/mol. The standard InChI is InChI=1S/C18H28N4O3S.2ClH/c1-15-4-6-17(7-5-15)26(24,25)21-11-9-20(10-12-21)14-18(23)22-8-2-3-16(22)13-19;;/h4-7,16H,2-3,8-14,19H2,1H3;2*1H. The van der Waals surface area contributed by atoms with Crippen LogP contribution in [0.25, 0.3) is 0 Å². The average Bonchev–Trinajstić information content (AvgIpc) is 3.11. The van der Waals surface area contributed by atoms with Crippen molar-refractivity contribution in [2.24, 2.45) is 5.73 Å². The van der Waals surface area contributed by atoms with Crippen LogP contribution in [0.4, 0.5) is 0 Å². The maximum Gasteiger partial charge on any atom is 0.243 e. The van der Waals surface area contributed by atoms with E-state index in [0.717, 1.165) is 24.9 Å². The van der Waals surface area contributed by atoms with Gasteiger partial charge in [0.25, 0.3) is 0 Å². The molecule has 1 aromatic rings. The predicted molar refractivity (Wildman–Crippen MR) is 115 cm³/mol. The summed E-state index contributed by atoms with van der Waals surface area (Å²) in [5, 5.41) is 0. The van der Waals surface area contributed by atoms with E-state index < -0.39 is 10.0 Å². The third-order valence-corrected chi connectivity index (χ3v) is 7.23. The number of piperazine rings is 1. The molecule has 2 aliphatic heterocycles. The molecule has 160 valence electrons. The Hall–Kier alpha value is -0.900. The molecule has 1 aromatic carbocycles. The lowest BCUT2D eigenvalue weighted by Crippen LogP contribution is -2.52. The van der Waals surface area contributed by atoms with E-state index in [1.807, 2.05) is 28.9 Å². The molecular formula is C18H30Cl2N4O3S. The number of benzene rings is 1. The summed E-state index contributed by atoms with van der Waals surface area (Å²) in [4.78, 5) is 16.8. The molecule has 0 bridgehead atoms. The second kappa shape index (κ2) is 10.8. The Bertz CT molecular complexity index is 738. The Labute approximate surface area is 180 Å². The highest BCUT2D eigenvalue weighted by molar-refractivity contribution is 7.89. The lowest BCUT2D eigenvalue weighted by molar-refractivity contribution is -0.133. The van der Waals surface area contributed by atoms with Crippen LogP contribution in [0, 0.1) is 6.92 Å². The minimum Gasteiger partial charge on any atom is -0.337 e. The van der Waals surface area contributed by atoms with Gasteiger partial charge in [0, 0.05) is 45.3 Å². The molecule has 3 rings (SSSR count). The van der Waals surface area contributed by atoms with Crippen LogP contribution in [-0.4, -0.2) is 80.3 Å². The van der Waals surface area contributed by atoms with Crippen LogP contribution in [0.3, 0.4) is 0 Å². The number of carbonyl (C=O) groups is 1. The van der Waals surface area contributed by atoms with Gasteiger partial charge in [0.2, 0.25) is 15.9 Å². The Morgan fingerprint density at radius 2 is 1.68 bits per heavy atom. The van der Waals surface area contributed by atoms with E-state index in [-0.39, 0.29) is 36.8 Å². The summed E-state index contributed by atoms with van der Waals surface area (Å²) in [5.74, 6) is 0.104. The highest BCUT2D eigenvalue weighted by Gasteiger charge is 2.32. The average molecular weight is 453 g/mol. The van der Waals surface area contributed by atoms with Crippen molar-refractivity contribution in [3.8, 4) is 0 Å². The van der Waals surface area contributed by atoms with Crippen molar-refractivity contribution in [3.63, 3.8) is 0 Å². The molecule has 0 aromatic heterocycles. The van der Waals surface area contributed by atoms with Crippen molar-refractivity contribution in [1.29, 1.82) is 0 Å². The van der Waals surface area contributed by atoms with E-state index in [1.54, 1.807) is 12.1 Å². The minimum absolute atomic E-state index is 0. The third-order valence-electron chi connectivity index (χ3n) is 5.32. The van der Waals surface area contributed by atoms with E-state index in [0.29, 0.717) is 44.2 Å². The molecule has 2 fully saturated rings. The zero-order chi connectivity index (χ0) is 18.7. The summed E-state index contributed by atoms with van der Waals surface area (Å²) in [6.45, 7) is 5.51. The number of aryl methyl sites for hydroxylation is 1.